The summed E-state index contributed by atoms with van der Waals surface area (Å²) in [5, 5.41) is 3.66. The number of piperidine rings is 1. The highest BCUT2D eigenvalue weighted by atomic mass is 16.6. The van der Waals surface area contributed by atoms with E-state index in [1.807, 2.05) is 25.7 Å². The SMILES string of the molecule is CC(C)(C)OC(=O)N1CCC(N2CNC(C3=CC=CCC3)C2)CC1. The average molecular weight is 333 g/mol. The molecule has 1 amide bonds. The van der Waals surface area contributed by atoms with Gasteiger partial charge in [-0.2, -0.15) is 0 Å². The molecule has 0 aromatic heterocycles. The van der Waals surface area contributed by atoms with Gasteiger partial charge in [-0.1, -0.05) is 23.8 Å². The van der Waals surface area contributed by atoms with Gasteiger partial charge in [0.15, 0.2) is 0 Å². The van der Waals surface area contributed by atoms with Gasteiger partial charge in [-0.3, -0.25) is 10.2 Å². The van der Waals surface area contributed by atoms with Gasteiger partial charge in [0.25, 0.3) is 0 Å². The van der Waals surface area contributed by atoms with Crippen LogP contribution in [-0.2, 0) is 4.74 Å². The van der Waals surface area contributed by atoms with Crippen LogP contribution in [0.5, 0.6) is 0 Å². The standard InChI is InChI=1S/C19H31N3O2/c1-19(2,3)24-18(23)21-11-9-16(10-12-21)22-13-17(20-14-22)15-7-5-4-6-8-15/h4-5,7,16-17,20H,6,8-14H2,1-3H3. The summed E-state index contributed by atoms with van der Waals surface area (Å²) in [5.74, 6) is 0. The van der Waals surface area contributed by atoms with Crippen molar-refractivity contribution in [2.45, 2.75) is 64.1 Å². The van der Waals surface area contributed by atoms with E-state index in [1.165, 1.54) is 12.0 Å². The summed E-state index contributed by atoms with van der Waals surface area (Å²) in [5.41, 5.74) is 1.12. The zero-order valence-corrected chi connectivity index (χ0v) is 15.3. The van der Waals surface area contributed by atoms with Gasteiger partial charge in [0.05, 0.1) is 0 Å². The van der Waals surface area contributed by atoms with Crippen LogP contribution >= 0.6 is 0 Å². The van der Waals surface area contributed by atoms with E-state index in [4.69, 9.17) is 4.74 Å². The lowest BCUT2D eigenvalue weighted by Gasteiger charge is -2.37. The van der Waals surface area contributed by atoms with Crippen molar-refractivity contribution >= 4 is 6.09 Å². The molecule has 2 heterocycles. The van der Waals surface area contributed by atoms with Gasteiger partial charge in [0.2, 0.25) is 0 Å². The van der Waals surface area contributed by atoms with Crippen molar-refractivity contribution in [2.24, 2.45) is 0 Å². The molecule has 0 spiro atoms. The van der Waals surface area contributed by atoms with Gasteiger partial charge >= 0.3 is 6.09 Å². The van der Waals surface area contributed by atoms with Gasteiger partial charge in [0.1, 0.15) is 5.60 Å². The number of hydrogen-bond donors (Lipinski definition) is 1. The van der Waals surface area contributed by atoms with Crippen LogP contribution in [0.25, 0.3) is 0 Å². The van der Waals surface area contributed by atoms with Crippen LogP contribution < -0.4 is 5.32 Å². The van der Waals surface area contributed by atoms with Gasteiger partial charge in [-0.25, -0.2) is 4.79 Å². The lowest BCUT2D eigenvalue weighted by molar-refractivity contribution is 0.0155. The number of allylic oxidation sites excluding steroid dienone is 3. The third-order valence-electron chi connectivity index (χ3n) is 5.08. The summed E-state index contributed by atoms with van der Waals surface area (Å²) in [6.45, 7) is 9.41. The lowest BCUT2D eigenvalue weighted by atomic mass is 9.97. The summed E-state index contributed by atoms with van der Waals surface area (Å²) in [4.78, 5) is 16.6. The third kappa shape index (κ3) is 4.39. The molecule has 1 aliphatic carbocycles. The summed E-state index contributed by atoms with van der Waals surface area (Å²) >= 11 is 0. The molecule has 0 aromatic carbocycles. The van der Waals surface area contributed by atoms with Crippen molar-refractivity contribution in [3.63, 3.8) is 0 Å². The number of nitrogens with one attached hydrogen (secondary N) is 1. The topological polar surface area (TPSA) is 44.8 Å². The predicted molar refractivity (Wildman–Crippen MR) is 95.8 cm³/mol. The first-order valence-corrected chi connectivity index (χ1v) is 9.23. The number of carbonyl (C=O) groups is 1. The highest BCUT2D eigenvalue weighted by molar-refractivity contribution is 5.68. The van der Waals surface area contributed by atoms with Crippen LogP contribution in [0.15, 0.2) is 23.8 Å². The van der Waals surface area contributed by atoms with Crippen LogP contribution in [0, 0.1) is 0 Å². The fraction of sp³-hybridized carbons (Fsp3) is 0.737. The van der Waals surface area contributed by atoms with Crippen molar-refractivity contribution in [3.8, 4) is 0 Å². The second kappa shape index (κ2) is 7.28. The minimum Gasteiger partial charge on any atom is -0.444 e. The second-order valence-corrected chi connectivity index (χ2v) is 8.09. The fourth-order valence-electron chi connectivity index (χ4n) is 3.77. The number of likely N-dealkylation sites (tertiary alicyclic amines) is 1. The molecule has 5 nitrogen and oxygen atoms in total. The Morgan fingerprint density at radius 3 is 2.67 bits per heavy atom. The van der Waals surface area contributed by atoms with Gasteiger partial charge in [0, 0.05) is 38.4 Å². The first-order valence-electron chi connectivity index (χ1n) is 9.23. The Morgan fingerprint density at radius 2 is 2.04 bits per heavy atom. The van der Waals surface area contributed by atoms with Crippen LogP contribution in [0.1, 0.15) is 46.5 Å². The van der Waals surface area contributed by atoms with Crippen LogP contribution in [-0.4, -0.2) is 59.9 Å². The smallest absolute Gasteiger partial charge is 0.410 e. The van der Waals surface area contributed by atoms with Crippen molar-refractivity contribution in [1.82, 2.24) is 15.1 Å². The van der Waals surface area contributed by atoms with Crippen LogP contribution in [0.2, 0.25) is 0 Å². The molecule has 0 radical (unpaired) electrons. The maximum Gasteiger partial charge on any atom is 0.410 e. The minimum atomic E-state index is -0.414. The number of carbonyl (C=O) groups excluding carboxylic acids is 1. The first kappa shape index (κ1) is 17.5. The molecule has 3 aliphatic rings. The summed E-state index contributed by atoms with van der Waals surface area (Å²) in [6.07, 6.45) is 10.9. The molecule has 24 heavy (non-hydrogen) atoms. The maximum atomic E-state index is 12.2. The van der Waals surface area contributed by atoms with Crippen molar-refractivity contribution in [1.29, 1.82) is 0 Å². The lowest BCUT2D eigenvalue weighted by Crippen LogP contribution is -2.47. The maximum absolute atomic E-state index is 12.2. The molecule has 1 N–H and O–H groups in total. The quantitative estimate of drug-likeness (QED) is 0.844. The van der Waals surface area contributed by atoms with Crippen molar-refractivity contribution in [2.75, 3.05) is 26.3 Å². The third-order valence-corrected chi connectivity index (χ3v) is 5.08. The molecule has 3 rings (SSSR count). The molecule has 0 saturated carbocycles. The zero-order chi connectivity index (χ0) is 17.2. The first-order chi connectivity index (χ1) is 11.4. The Balaban J connectivity index is 1.46. The normalized spacial score (nSPS) is 26.5. The molecule has 0 bridgehead atoms. The van der Waals surface area contributed by atoms with Crippen molar-refractivity contribution in [3.05, 3.63) is 23.8 Å². The summed E-state index contributed by atoms with van der Waals surface area (Å²) < 4.78 is 5.48. The Labute approximate surface area is 145 Å². The zero-order valence-electron chi connectivity index (χ0n) is 15.3. The van der Waals surface area contributed by atoms with Gasteiger partial charge in [-0.05, 0) is 46.5 Å². The Bertz CT molecular complexity index is 513. The van der Waals surface area contributed by atoms with Gasteiger partial charge < -0.3 is 9.64 Å². The molecule has 2 aliphatic heterocycles. The monoisotopic (exact) mass is 333 g/mol. The van der Waals surface area contributed by atoms with E-state index < -0.39 is 5.60 Å². The highest BCUT2D eigenvalue weighted by Gasteiger charge is 2.33. The Kier molecular flexibility index (Phi) is 5.30. The van der Waals surface area contributed by atoms with E-state index in [9.17, 15) is 4.79 Å². The number of hydrogen-bond acceptors (Lipinski definition) is 4. The fourth-order valence-corrected chi connectivity index (χ4v) is 3.77. The van der Waals surface area contributed by atoms with Crippen molar-refractivity contribution < 1.29 is 9.53 Å². The van der Waals surface area contributed by atoms with Gasteiger partial charge in [-0.15, -0.1) is 0 Å². The van der Waals surface area contributed by atoms with Crippen LogP contribution in [0.4, 0.5) is 4.79 Å². The molecule has 2 saturated heterocycles. The Hall–Kier alpha value is -1.33. The largest absolute Gasteiger partial charge is 0.444 e. The molecule has 134 valence electrons. The molecule has 1 atom stereocenters. The van der Waals surface area contributed by atoms with E-state index in [0.717, 1.165) is 45.6 Å². The number of ether oxygens (including phenoxy) is 1. The molecule has 1 unspecified atom stereocenters. The van der Waals surface area contributed by atoms with E-state index in [2.05, 4.69) is 28.4 Å². The minimum absolute atomic E-state index is 0.169. The number of rotatable bonds is 2. The average Bonchev–Trinajstić information content (AvgIpc) is 3.04. The van der Waals surface area contributed by atoms with E-state index in [0.29, 0.717) is 12.1 Å². The van der Waals surface area contributed by atoms with Crippen LogP contribution in [0.3, 0.4) is 0 Å². The molecule has 5 heteroatoms. The molecular formula is C19H31N3O2. The second-order valence-electron chi connectivity index (χ2n) is 8.09. The van der Waals surface area contributed by atoms with E-state index in [1.54, 1.807) is 0 Å². The molecule has 2 fully saturated rings. The number of amides is 1. The molecule has 0 aromatic rings. The highest BCUT2D eigenvalue weighted by Crippen LogP contribution is 2.24. The summed E-state index contributed by atoms with van der Waals surface area (Å²) in [7, 11) is 0. The summed E-state index contributed by atoms with van der Waals surface area (Å²) in [6, 6.07) is 1.07. The predicted octanol–water partition coefficient (Wildman–Crippen LogP) is 2.89. The number of nitrogens with zero attached hydrogens (tertiary/aromatic N) is 2. The molecular weight excluding hydrogens is 302 g/mol. The van der Waals surface area contributed by atoms with E-state index in [-0.39, 0.29) is 6.09 Å². The van der Waals surface area contributed by atoms with E-state index >= 15 is 0 Å². The Morgan fingerprint density at radius 1 is 1.29 bits per heavy atom.